The molecule has 2 aliphatic rings. The van der Waals surface area contributed by atoms with Crippen LogP contribution < -0.4 is 5.32 Å². The van der Waals surface area contributed by atoms with Crippen LogP contribution in [0.15, 0.2) is 24.3 Å². The summed E-state index contributed by atoms with van der Waals surface area (Å²) in [7, 11) is 1.50. The fourth-order valence-corrected chi connectivity index (χ4v) is 4.82. The molecule has 1 amide bonds. The summed E-state index contributed by atoms with van der Waals surface area (Å²) in [6, 6.07) is 7.30. The van der Waals surface area contributed by atoms with Crippen molar-refractivity contribution in [2.45, 2.75) is 37.1 Å². The van der Waals surface area contributed by atoms with Crippen LogP contribution >= 0.6 is 11.6 Å². The molecular formula is C20H27ClN2O4. The number of hydrogen-bond donors (Lipinski definition) is 3. The summed E-state index contributed by atoms with van der Waals surface area (Å²) in [6.45, 7) is 0.995. The van der Waals surface area contributed by atoms with E-state index < -0.39 is 11.6 Å². The number of rotatable bonds is 5. The minimum atomic E-state index is -1.13. The average molecular weight is 395 g/mol. The van der Waals surface area contributed by atoms with E-state index in [2.05, 4.69) is 5.32 Å². The number of ketones is 1. The van der Waals surface area contributed by atoms with Gasteiger partial charge in [0.15, 0.2) is 5.78 Å². The molecule has 0 aromatic heterocycles. The van der Waals surface area contributed by atoms with E-state index in [4.69, 9.17) is 11.6 Å². The normalized spacial score (nSPS) is 30.9. The molecule has 6 nitrogen and oxygen atoms in total. The van der Waals surface area contributed by atoms with Gasteiger partial charge >= 0.3 is 6.09 Å². The number of halogens is 1. The van der Waals surface area contributed by atoms with E-state index in [1.54, 1.807) is 12.1 Å². The first-order chi connectivity index (χ1) is 12.9. The lowest BCUT2D eigenvalue weighted by Gasteiger charge is -2.43. The summed E-state index contributed by atoms with van der Waals surface area (Å²) in [5.74, 6) is -0.201. The molecule has 1 saturated heterocycles. The molecule has 0 radical (unpaired) electrons. The van der Waals surface area contributed by atoms with E-state index in [1.165, 1.54) is 11.9 Å². The van der Waals surface area contributed by atoms with Crippen LogP contribution in [-0.2, 0) is 4.79 Å². The number of nitrogens with zero attached hydrogens (tertiary/aromatic N) is 1. The Hall–Kier alpha value is -1.63. The summed E-state index contributed by atoms with van der Waals surface area (Å²) in [4.78, 5) is 26.8. The van der Waals surface area contributed by atoms with Crippen molar-refractivity contribution in [1.82, 2.24) is 10.2 Å². The third kappa shape index (κ3) is 3.71. The number of aliphatic hydroxyl groups is 1. The molecular weight excluding hydrogens is 368 g/mol. The van der Waals surface area contributed by atoms with Crippen LogP contribution in [0.2, 0.25) is 5.02 Å². The van der Waals surface area contributed by atoms with Gasteiger partial charge < -0.3 is 15.5 Å². The Balaban J connectivity index is 1.95. The smallest absolute Gasteiger partial charge is 0.407 e. The van der Waals surface area contributed by atoms with Crippen molar-refractivity contribution in [3.05, 3.63) is 34.9 Å². The van der Waals surface area contributed by atoms with E-state index in [1.807, 2.05) is 12.1 Å². The van der Waals surface area contributed by atoms with Crippen molar-refractivity contribution in [3.8, 4) is 0 Å². The van der Waals surface area contributed by atoms with E-state index in [9.17, 15) is 19.8 Å². The summed E-state index contributed by atoms with van der Waals surface area (Å²) in [5.41, 5.74) is -0.217. The second-order valence-corrected chi connectivity index (χ2v) is 8.20. The lowest BCUT2D eigenvalue weighted by atomic mass is 9.69. The van der Waals surface area contributed by atoms with Crippen LogP contribution in [0, 0.1) is 11.8 Å². The minimum Gasteiger partial charge on any atom is -0.465 e. The molecule has 7 heteroatoms. The first-order valence-corrected chi connectivity index (χ1v) is 9.86. The van der Waals surface area contributed by atoms with Crippen molar-refractivity contribution in [2.75, 3.05) is 26.7 Å². The SMILES string of the molecule is CN(C(=O)O)[C@]1(C(=O)C2CCC(CO)CC2)CNC[C@H]1c1ccc(Cl)cc1. The molecule has 3 rings (SSSR count). The Kier molecular flexibility index (Phi) is 6.08. The third-order valence-corrected chi connectivity index (χ3v) is 6.63. The number of likely N-dealkylation sites (N-methyl/N-ethyl adjacent to an activating group) is 1. The number of hydrogen-bond acceptors (Lipinski definition) is 4. The quantitative estimate of drug-likeness (QED) is 0.714. The van der Waals surface area contributed by atoms with Gasteiger partial charge in [0.05, 0.1) is 0 Å². The average Bonchev–Trinajstić information content (AvgIpc) is 3.13. The predicted molar refractivity (Wildman–Crippen MR) is 103 cm³/mol. The second-order valence-electron chi connectivity index (χ2n) is 7.77. The maximum atomic E-state index is 13.7. The lowest BCUT2D eigenvalue weighted by molar-refractivity contribution is -0.135. The predicted octanol–water partition coefficient (Wildman–Crippen LogP) is 2.74. The van der Waals surface area contributed by atoms with Gasteiger partial charge in [0, 0.05) is 43.6 Å². The molecule has 1 heterocycles. The van der Waals surface area contributed by atoms with Gasteiger partial charge in [-0.05, 0) is 49.3 Å². The summed E-state index contributed by atoms with van der Waals surface area (Å²) in [5, 5.41) is 23.0. The van der Waals surface area contributed by atoms with Gasteiger partial charge in [-0.15, -0.1) is 0 Å². The van der Waals surface area contributed by atoms with Gasteiger partial charge in [0.2, 0.25) is 0 Å². The number of carbonyl (C=O) groups is 2. The van der Waals surface area contributed by atoms with Crippen molar-refractivity contribution in [1.29, 1.82) is 0 Å². The molecule has 148 valence electrons. The molecule has 1 aliphatic carbocycles. The standard InChI is InChI=1S/C20H27ClN2O4/c1-23(19(26)27)20(18(25)15-4-2-13(11-24)3-5-15)12-22-10-17(20)14-6-8-16(21)9-7-14/h6-9,13,15,17,22,24H,2-5,10-12H2,1H3,(H,26,27)/t13?,15?,17-,20+/m0/s1. The van der Waals surface area contributed by atoms with Crippen LogP contribution in [0.5, 0.6) is 0 Å². The molecule has 0 spiro atoms. The highest BCUT2D eigenvalue weighted by molar-refractivity contribution is 6.30. The Morgan fingerprint density at radius 2 is 1.85 bits per heavy atom. The Labute approximate surface area is 164 Å². The van der Waals surface area contributed by atoms with Crippen LogP contribution in [0.1, 0.15) is 37.2 Å². The maximum Gasteiger partial charge on any atom is 0.407 e. The largest absolute Gasteiger partial charge is 0.465 e. The fraction of sp³-hybridized carbons (Fsp3) is 0.600. The number of amides is 1. The van der Waals surface area contributed by atoms with Gasteiger partial charge in [0.25, 0.3) is 0 Å². The van der Waals surface area contributed by atoms with E-state index in [0.29, 0.717) is 31.0 Å². The van der Waals surface area contributed by atoms with Gasteiger partial charge in [-0.1, -0.05) is 23.7 Å². The van der Waals surface area contributed by atoms with Crippen LogP contribution in [-0.4, -0.2) is 59.3 Å². The zero-order valence-electron chi connectivity index (χ0n) is 15.5. The molecule has 0 bridgehead atoms. The van der Waals surface area contributed by atoms with Gasteiger partial charge in [-0.25, -0.2) is 4.79 Å². The van der Waals surface area contributed by atoms with Crippen molar-refractivity contribution in [3.63, 3.8) is 0 Å². The summed E-state index contributed by atoms with van der Waals surface area (Å²) in [6.07, 6.45) is 1.91. The molecule has 2 fully saturated rings. The first-order valence-electron chi connectivity index (χ1n) is 9.48. The van der Waals surface area contributed by atoms with Gasteiger partial charge in [-0.3, -0.25) is 9.69 Å². The number of carbonyl (C=O) groups excluding carboxylic acids is 1. The molecule has 3 N–H and O–H groups in total. The molecule has 2 atom stereocenters. The molecule has 1 aliphatic heterocycles. The van der Waals surface area contributed by atoms with E-state index in [0.717, 1.165) is 18.4 Å². The fourth-order valence-electron chi connectivity index (χ4n) is 4.70. The maximum absolute atomic E-state index is 13.7. The number of aliphatic hydroxyl groups excluding tert-OH is 1. The van der Waals surface area contributed by atoms with Crippen LogP contribution in [0.3, 0.4) is 0 Å². The number of Topliss-reactive ketones (excluding diaryl/α,β-unsaturated/α-hetero) is 1. The Bertz CT molecular complexity index is 688. The van der Waals surface area contributed by atoms with E-state index >= 15 is 0 Å². The second kappa shape index (κ2) is 8.17. The summed E-state index contributed by atoms with van der Waals surface area (Å²) < 4.78 is 0. The zero-order chi connectivity index (χ0) is 19.6. The highest BCUT2D eigenvalue weighted by Crippen LogP contribution is 2.42. The Morgan fingerprint density at radius 3 is 2.41 bits per heavy atom. The minimum absolute atomic E-state index is 0.00580. The molecule has 1 saturated carbocycles. The number of nitrogens with one attached hydrogen (secondary N) is 1. The molecule has 1 aromatic carbocycles. The van der Waals surface area contributed by atoms with Crippen molar-refractivity contribution in [2.24, 2.45) is 11.8 Å². The third-order valence-electron chi connectivity index (χ3n) is 6.38. The monoisotopic (exact) mass is 394 g/mol. The first kappa shape index (κ1) is 20.1. The molecule has 1 aromatic rings. The zero-order valence-corrected chi connectivity index (χ0v) is 16.3. The van der Waals surface area contributed by atoms with Crippen molar-refractivity contribution < 1.29 is 19.8 Å². The molecule has 0 unspecified atom stereocenters. The van der Waals surface area contributed by atoms with Gasteiger partial charge in [-0.2, -0.15) is 0 Å². The summed E-state index contributed by atoms with van der Waals surface area (Å²) >= 11 is 6.01. The highest BCUT2D eigenvalue weighted by atomic mass is 35.5. The Morgan fingerprint density at radius 1 is 1.22 bits per heavy atom. The topological polar surface area (TPSA) is 89.9 Å². The van der Waals surface area contributed by atoms with Crippen molar-refractivity contribution >= 4 is 23.5 Å². The lowest BCUT2D eigenvalue weighted by Crippen LogP contribution is -2.61. The number of carboxylic acid groups (broad SMARTS) is 1. The number of benzene rings is 1. The van der Waals surface area contributed by atoms with E-state index in [-0.39, 0.29) is 30.1 Å². The van der Waals surface area contributed by atoms with Crippen LogP contribution in [0.4, 0.5) is 4.79 Å². The van der Waals surface area contributed by atoms with Gasteiger partial charge in [0.1, 0.15) is 5.54 Å². The van der Waals surface area contributed by atoms with Crippen LogP contribution in [0.25, 0.3) is 0 Å². The highest BCUT2D eigenvalue weighted by Gasteiger charge is 2.55. The molecule has 27 heavy (non-hydrogen) atoms.